The molecule has 2 fully saturated rings. The molecule has 104 valence electrons. The van der Waals surface area contributed by atoms with Crippen LogP contribution in [-0.2, 0) is 0 Å². The zero-order valence-corrected chi connectivity index (χ0v) is 12.9. The maximum Gasteiger partial charge on any atom is 0.0606 e. The number of fused-ring (bicyclic) bond motifs is 2. The molecule has 3 atom stereocenters. The van der Waals surface area contributed by atoms with Gasteiger partial charge in [0.25, 0.3) is 0 Å². The largest absolute Gasteiger partial charge is 0.380 e. The monoisotopic (exact) mass is 258 g/mol. The number of hydrogen-bond acceptors (Lipinski definition) is 2. The Morgan fingerprint density at radius 3 is 2.47 bits per heavy atom. The van der Waals surface area contributed by atoms with Crippen LogP contribution >= 0.6 is 0 Å². The van der Waals surface area contributed by atoms with Crippen molar-refractivity contribution in [2.75, 3.05) is 5.32 Å². The Morgan fingerprint density at radius 2 is 1.95 bits per heavy atom. The fourth-order valence-corrected chi connectivity index (χ4v) is 4.45. The summed E-state index contributed by atoms with van der Waals surface area (Å²) in [5.74, 6) is 0.883. The molecule has 2 saturated carbocycles. The molecule has 2 heteroatoms. The summed E-state index contributed by atoms with van der Waals surface area (Å²) < 4.78 is 0. The molecule has 3 unspecified atom stereocenters. The first kappa shape index (κ1) is 13.0. The number of pyridine rings is 1. The molecule has 0 aromatic carbocycles. The van der Waals surface area contributed by atoms with Crippen molar-refractivity contribution in [2.45, 2.75) is 59.9 Å². The lowest BCUT2D eigenvalue weighted by Crippen LogP contribution is -2.40. The van der Waals surface area contributed by atoms with E-state index in [9.17, 15) is 0 Å². The molecule has 1 N–H and O–H groups in total. The van der Waals surface area contributed by atoms with E-state index in [4.69, 9.17) is 0 Å². The number of hydrogen-bond donors (Lipinski definition) is 1. The maximum absolute atomic E-state index is 4.57. The Kier molecular flexibility index (Phi) is 2.71. The Morgan fingerprint density at radius 1 is 1.21 bits per heavy atom. The minimum atomic E-state index is 0.426. The minimum Gasteiger partial charge on any atom is -0.380 e. The van der Waals surface area contributed by atoms with Crippen molar-refractivity contribution in [2.24, 2.45) is 16.7 Å². The highest BCUT2D eigenvalue weighted by atomic mass is 15.0. The second kappa shape index (κ2) is 3.97. The third-order valence-corrected chi connectivity index (χ3v) is 6.35. The third-order valence-electron chi connectivity index (χ3n) is 6.35. The van der Waals surface area contributed by atoms with Gasteiger partial charge in [-0.3, -0.25) is 4.98 Å². The smallest absolute Gasteiger partial charge is 0.0606 e. The van der Waals surface area contributed by atoms with Crippen LogP contribution in [0.15, 0.2) is 12.1 Å². The van der Waals surface area contributed by atoms with Gasteiger partial charge in [0.2, 0.25) is 0 Å². The lowest BCUT2D eigenvalue weighted by Gasteiger charge is -2.40. The first-order chi connectivity index (χ1) is 8.84. The van der Waals surface area contributed by atoms with E-state index in [1.807, 2.05) is 0 Å². The van der Waals surface area contributed by atoms with E-state index < -0.39 is 0 Å². The zero-order chi connectivity index (χ0) is 13.8. The lowest BCUT2D eigenvalue weighted by molar-refractivity contribution is 0.142. The number of nitrogens with one attached hydrogen (secondary N) is 1. The highest BCUT2D eigenvalue weighted by molar-refractivity contribution is 5.49. The Labute approximate surface area is 117 Å². The van der Waals surface area contributed by atoms with Gasteiger partial charge < -0.3 is 5.32 Å². The summed E-state index contributed by atoms with van der Waals surface area (Å²) in [6, 6.07) is 4.90. The maximum atomic E-state index is 4.57. The summed E-state index contributed by atoms with van der Waals surface area (Å²) in [4.78, 5) is 4.57. The summed E-state index contributed by atoms with van der Waals surface area (Å²) >= 11 is 0. The molecule has 0 saturated heterocycles. The van der Waals surface area contributed by atoms with Crippen molar-refractivity contribution in [3.05, 3.63) is 23.5 Å². The average Bonchev–Trinajstić information content (AvgIpc) is 2.65. The number of rotatable bonds is 2. The molecule has 0 amide bonds. The number of aromatic nitrogens is 1. The van der Waals surface area contributed by atoms with Gasteiger partial charge in [-0.15, -0.1) is 0 Å². The van der Waals surface area contributed by atoms with Crippen LogP contribution in [0.3, 0.4) is 0 Å². The third kappa shape index (κ3) is 1.72. The normalized spacial score (nSPS) is 35.6. The van der Waals surface area contributed by atoms with Gasteiger partial charge in [0.1, 0.15) is 0 Å². The second-order valence-electron chi connectivity index (χ2n) is 7.39. The average molecular weight is 258 g/mol. The van der Waals surface area contributed by atoms with E-state index >= 15 is 0 Å². The van der Waals surface area contributed by atoms with Crippen LogP contribution in [0.2, 0.25) is 0 Å². The van der Waals surface area contributed by atoms with Crippen molar-refractivity contribution < 1.29 is 0 Å². The van der Waals surface area contributed by atoms with Gasteiger partial charge in [-0.1, -0.05) is 20.8 Å². The predicted molar refractivity (Wildman–Crippen MR) is 80.4 cm³/mol. The lowest BCUT2D eigenvalue weighted by atomic mass is 9.69. The summed E-state index contributed by atoms with van der Waals surface area (Å²) in [7, 11) is 0. The molecule has 2 aliphatic carbocycles. The summed E-state index contributed by atoms with van der Waals surface area (Å²) in [6.07, 6.45) is 4.09. The molecule has 1 aromatic rings. The fraction of sp³-hybridized carbons (Fsp3) is 0.706. The van der Waals surface area contributed by atoms with Gasteiger partial charge in [0.05, 0.1) is 11.4 Å². The van der Waals surface area contributed by atoms with E-state index in [1.165, 1.54) is 24.9 Å². The summed E-state index contributed by atoms with van der Waals surface area (Å²) in [5.41, 5.74) is 4.35. The van der Waals surface area contributed by atoms with E-state index in [1.54, 1.807) is 0 Å². The van der Waals surface area contributed by atoms with Crippen LogP contribution in [0.1, 0.15) is 51.4 Å². The first-order valence-electron chi connectivity index (χ1n) is 7.55. The molecular weight excluding hydrogens is 232 g/mol. The SMILES string of the molecule is Cc1ccc(NC2CC3CCC2(C)C3(C)C)c(C)n1. The van der Waals surface area contributed by atoms with Gasteiger partial charge in [-0.2, -0.15) is 0 Å². The molecular formula is C17H26N2. The van der Waals surface area contributed by atoms with Crippen molar-refractivity contribution in [3.8, 4) is 0 Å². The van der Waals surface area contributed by atoms with Gasteiger partial charge >= 0.3 is 0 Å². The molecule has 1 aromatic heterocycles. The quantitative estimate of drug-likeness (QED) is 0.854. The van der Waals surface area contributed by atoms with E-state index in [0.717, 1.165) is 17.3 Å². The van der Waals surface area contributed by atoms with Gasteiger partial charge in [0, 0.05) is 11.7 Å². The molecule has 0 spiro atoms. The van der Waals surface area contributed by atoms with Crippen LogP contribution in [0, 0.1) is 30.6 Å². The van der Waals surface area contributed by atoms with Crippen molar-refractivity contribution >= 4 is 5.69 Å². The summed E-state index contributed by atoms with van der Waals surface area (Å²) in [6.45, 7) is 11.6. The van der Waals surface area contributed by atoms with Gasteiger partial charge in [-0.05, 0) is 62.0 Å². The molecule has 2 bridgehead atoms. The molecule has 1 heterocycles. The van der Waals surface area contributed by atoms with Gasteiger partial charge in [0.15, 0.2) is 0 Å². The van der Waals surface area contributed by atoms with Crippen molar-refractivity contribution in [3.63, 3.8) is 0 Å². The predicted octanol–water partition coefficient (Wildman–Crippen LogP) is 4.33. The molecule has 3 rings (SSSR count). The number of nitrogens with zero attached hydrogens (tertiary/aromatic N) is 1. The van der Waals surface area contributed by atoms with Crippen LogP contribution in [-0.4, -0.2) is 11.0 Å². The fourth-order valence-electron chi connectivity index (χ4n) is 4.45. The Hall–Kier alpha value is -1.05. The van der Waals surface area contributed by atoms with Crippen LogP contribution < -0.4 is 5.32 Å². The minimum absolute atomic E-state index is 0.426. The summed E-state index contributed by atoms with van der Waals surface area (Å²) in [5, 5.41) is 3.80. The van der Waals surface area contributed by atoms with Crippen LogP contribution in [0.4, 0.5) is 5.69 Å². The van der Waals surface area contributed by atoms with E-state index in [-0.39, 0.29) is 0 Å². The molecule has 2 nitrogen and oxygen atoms in total. The van der Waals surface area contributed by atoms with E-state index in [0.29, 0.717) is 16.9 Å². The van der Waals surface area contributed by atoms with Crippen LogP contribution in [0.5, 0.6) is 0 Å². The molecule has 0 radical (unpaired) electrons. The van der Waals surface area contributed by atoms with E-state index in [2.05, 4.69) is 57.1 Å². The molecule has 2 aliphatic rings. The number of aryl methyl sites for hydroxylation is 2. The van der Waals surface area contributed by atoms with Gasteiger partial charge in [-0.25, -0.2) is 0 Å². The zero-order valence-electron chi connectivity index (χ0n) is 12.9. The second-order valence-corrected chi connectivity index (χ2v) is 7.39. The Balaban J connectivity index is 1.86. The van der Waals surface area contributed by atoms with Crippen molar-refractivity contribution in [1.82, 2.24) is 4.98 Å². The Bertz CT molecular complexity index is 506. The molecule has 0 aliphatic heterocycles. The molecule has 19 heavy (non-hydrogen) atoms. The highest BCUT2D eigenvalue weighted by Crippen LogP contribution is 2.65. The first-order valence-corrected chi connectivity index (χ1v) is 7.55. The van der Waals surface area contributed by atoms with Crippen molar-refractivity contribution in [1.29, 1.82) is 0 Å². The topological polar surface area (TPSA) is 24.9 Å². The standard InChI is InChI=1S/C17H26N2/c1-11-6-7-14(12(2)18-11)19-15-10-13-8-9-17(15,5)16(13,3)4/h6-7,13,15,19H,8-10H2,1-5H3. The highest BCUT2D eigenvalue weighted by Gasteiger charge is 2.61. The van der Waals surface area contributed by atoms with Crippen LogP contribution in [0.25, 0.3) is 0 Å². The number of anilines is 1.